The average Bonchev–Trinajstić information content (AvgIpc) is 3.53. The maximum atomic E-state index is 13.6. The molecule has 2 heterocycles. The Morgan fingerprint density at radius 2 is 1.93 bits per heavy atom. The first-order valence-electron chi connectivity index (χ1n) is 13.3. The highest BCUT2D eigenvalue weighted by atomic mass is 32.2. The first-order chi connectivity index (χ1) is 20.0. The van der Waals surface area contributed by atoms with Crippen molar-refractivity contribution in [3.8, 4) is 5.75 Å². The summed E-state index contributed by atoms with van der Waals surface area (Å²) in [6, 6.07) is 12.6. The minimum absolute atomic E-state index is 0.0284. The highest BCUT2D eigenvalue weighted by Gasteiger charge is 2.35. The van der Waals surface area contributed by atoms with Gasteiger partial charge in [0, 0.05) is 29.2 Å². The van der Waals surface area contributed by atoms with Crippen molar-refractivity contribution in [2.45, 2.75) is 60.6 Å². The number of alkyl halides is 3. The molecular formula is C29H28F3N3O5S2. The number of ether oxygens (including phenoxy) is 1. The lowest BCUT2D eigenvalue weighted by atomic mass is 10.00. The third kappa shape index (κ3) is 7.43. The van der Waals surface area contributed by atoms with Crippen LogP contribution in [0.25, 0.3) is 0 Å². The first kappa shape index (κ1) is 29.9. The van der Waals surface area contributed by atoms with Crippen molar-refractivity contribution in [2.75, 3.05) is 11.1 Å². The zero-order valence-corrected chi connectivity index (χ0v) is 23.9. The molecular weight excluding hydrogens is 591 g/mol. The Balaban J connectivity index is 1.27. The summed E-state index contributed by atoms with van der Waals surface area (Å²) in [5.41, 5.74) is 0.224. The van der Waals surface area contributed by atoms with Crippen molar-refractivity contribution in [1.29, 1.82) is 0 Å². The van der Waals surface area contributed by atoms with E-state index in [2.05, 4.69) is 15.3 Å². The second-order valence-corrected chi connectivity index (χ2v) is 13.5. The zero-order valence-electron chi connectivity index (χ0n) is 22.3. The maximum Gasteiger partial charge on any atom is 0.416 e. The molecule has 0 spiro atoms. The minimum Gasteiger partial charge on any atom is -0.489 e. The van der Waals surface area contributed by atoms with Crippen LogP contribution < -0.4 is 10.1 Å². The van der Waals surface area contributed by atoms with E-state index >= 15 is 0 Å². The Morgan fingerprint density at radius 1 is 1.14 bits per heavy atom. The molecule has 1 aliphatic carbocycles. The maximum absolute atomic E-state index is 13.6. The third-order valence-electron chi connectivity index (χ3n) is 7.12. The summed E-state index contributed by atoms with van der Waals surface area (Å²) >= 11 is 1.56. The van der Waals surface area contributed by atoms with Crippen LogP contribution in [0.2, 0.25) is 0 Å². The van der Waals surface area contributed by atoms with Crippen LogP contribution in [0, 0.1) is 0 Å². The second-order valence-electron chi connectivity index (χ2n) is 10.3. The van der Waals surface area contributed by atoms with Gasteiger partial charge in [-0.2, -0.15) is 13.2 Å². The molecule has 5 rings (SSSR count). The third-order valence-corrected chi connectivity index (χ3v) is 10.2. The molecule has 1 fully saturated rings. The summed E-state index contributed by atoms with van der Waals surface area (Å²) in [6.45, 7) is -0.183. The number of rotatable bonds is 10. The van der Waals surface area contributed by atoms with Crippen LogP contribution in [-0.2, 0) is 27.4 Å². The number of thioether (sulfide) groups is 1. The van der Waals surface area contributed by atoms with Crippen molar-refractivity contribution < 1.29 is 36.2 Å². The molecule has 3 unspecified atom stereocenters. The number of nitrogens with zero attached hydrogens (tertiary/aromatic N) is 2. The van der Waals surface area contributed by atoms with Crippen LogP contribution in [0.15, 0.2) is 76.9 Å². The number of aliphatic imine (C=N–C) groups is 1. The van der Waals surface area contributed by atoms with E-state index in [0.717, 1.165) is 31.4 Å². The number of aromatic nitrogens is 1. The number of hydrogen-bond acceptors (Lipinski definition) is 8. The summed E-state index contributed by atoms with van der Waals surface area (Å²) in [6.07, 6.45) is 1.15. The number of amidine groups is 1. The van der Waals surface area contributed by atoms with Gasteiger partial charge in [0.25, 0.3) is 0 Å². The van der Waals surface area contributed by atoms with Gasteiger partial charge < -0.3 is 15.2 Å². The number of aliphatic carboxylic acids is 1. The molecule has 2 aliphatic rings. The number of hydrogen-bond donors (Lipinski definition) is 2. The van der Waals surface area contributed by atoms with Gasteiger partial charge in [-0.15, -0.1) is 0 Å². The number of nitrogens with one attached hydrogen (secondary N) is 1. The number of carbonyl (C=O) groups is 1. The van der Waals surface area contributed by atoms with Gasteiger partial charge in [0.2, 0.25) is 0 Å². The number of fused-ring (bicyclic) bond motifs is 1. The van der Waals surface area contributed by atoms with E-state index in [1.807, 2.05) is 0 Å². The number of anilines is 1. The fraction of sp³-hybridized carbons (Fsp3) is 0.345. The second kappa shape index (κ2) is 12.3. The topological polar surface area (TPSA) is 118 Å². The van der Waals surface area contributed by atoms with E-state index < -0.39 is 39.2 Å². The van der Waals surface area contributed by atoms with Crippen LogP contribution in [0.3, 0.4) is 0 Å². The summed E-state index contributed by atoms with van der Waals surface area (Å²) in [7, 11) is -3.88. The van der Waals surface area contributed by atoms with Gasteiger partial charge in [-0.1, -0.05) is 24.2 Å². The monoisotopic (exact) mass is 619 g/mol. The molecule has 2 aromatic carbocycles. The number of benzene rings is 2. The fourth-order valence-corrected chi connectivity index (χ4v) is 7.97. The van der Waals surface area contributed by atoms with Crippen LogP contribution in [-0.4, -0.2) is 46.7 Å². The summed E-state index contributed by atoms with van der Waals surface area (Å²) in [5.74, 6) is -2.10. The van der Waals surface area contributed by atoms with E-state index in [-0.39, 0.29) is 41.0 Å². The quantitative estimate of drug-likeness (QED) is 0.278. The van der Waals surface area contributed by atoms with Crippen LogP contribution in [0.4, 0.5) is 18.9 Å². The van der Waals surface area contributed by atoms with Gasteiger partial charge in [0.1, 0.15) is 12.4 Å². The highest BCUT2D eigenvalue weighted by molar-refractivity contribution is 8.15. The summed E-state index contributed by atoms with van der Waals surface area (Å²) < 4.78 is 72.8. The number of halogens is 3. The predicted molar refractivity (Wildman–Crippen MR) is 154 cm³/mol. The van der Waals surface area contributed by atoms with Crippen molar-refractivity contribution >= 4 is 38.4 Å². The standard InChI is InChI=1S/C29H28F3N3O5S2/c30-29(31,32)21-11-18(12-22(14-21)34-28-35-25-4-1-5-26(25)41-28)16-40-23-6-8-24(9-7-23)42(38,39)17-20(13-27(36)37)19-3-2-10-33-15-19/h2-3,6-12,14-15,20,25-26H,1,4-5,13,16-17H2,(H,34,35)(H,36,37). The molecule has 3 atom stereocenters. The molecule has 0 bridgehead atoms. The molecule has 1 aromatic heterocycles. The Bertz CT molecular complexity index is 1570. The van der Waals surface area contributed by atoms with Crippen LogP contribution in [0.1, 0.15) is 48.3 Å². The van der Waals surface area contributed by atoms with Gasteiger partial charge >= 0.3 is 12.1 Å². The van der Waals surface area contributed by atoms with Crippen molar-refractivity contribution in [3.05, 3.63) is 83.7 Å². The minimum atomic E-state index is -4.56. The zero-order chi connectivity index (χ0) is 29.9. The summed E-state index contributed by atoms with van der Waals surface area (Å²) in [4.78, 5) is 19.9. The lowest BCUT2D eigenvalue weighted by Gasteiger charge is -2.16. The highest BCUT2D eigenvalue weighted by Crippen LogP contribution is 2.39. The Hall–Kier alpha value is -3.58. The number of pyridine rings is 1. The lowest BCUT2D eigenvalue weighted by molar-refractivity contribution is -0.138. The van der Waals surface area contributed by atoms with Gasteiger partial charge in [-0.3, -0.25) is 14.8 Å². The Labute approximate surface area is 245 Å². The molecule has 1 aliphatic heterocycles. The van der Waals surface area contributed by atoms with Crippen molar-refractivity contribution in [3.63, 3.8) is 0 Å². The van der Waals surface area contributed by atoms with Crippen LogP contribution >= 0.6 is 11.8 Å². The van der Waals surface area contributed by atoms with Crippen molar-refractivity contribution in [2.24, 2.45) is 4.99 Å². The molecule has 8 nitrogen and oxygen atoms in total. The molecule has 0 amide bonds. The molecule has 13 heteroatoms. The smallest absolute Gasteiger partial charge is 0.416 e. The largest absolute Gasteiger partial charge is 0.489 e. The number of carboxylic acid groups (broad SMARTS) is 1. The van der Waals surface area contributed by atoms with Gasteiger partial charge in [0.05, 0.1) is 28.7 Å². The van der Waals surface area contributed by atoms with E-state index in [1.54, 1.807) is 30.0 Å². The number of carboxylic acids is 1. The van der Waals surface area contributed by atoms with Crippen molar-refractivity contribution in [1.82, 2.24) is 4.98 Å². The molecule has 42 heavy (non-hydrogen) atoms. The molecule has 3 aromatic rings. The summed E-state index contributed by atoms with van der Waals surface area (Å²) in [5, 5.41) is 13.3. The van der Waals surface area contributed by atoms with E-state index in [0.29, 0.717) is 16.0 Å². The lowest BCUT2D eigenvalue weighted by Crippen LogP contribution is -2.18. The molecule has 0 radical (unpaired) electrons. The predicted octanol–water partition coefficient (Wildman–Crippen LogP) is 6.15. The van der Waals surface area contributed by atoms with E-state index in [9.17, 15) is 31.5 Å². The Kier molecular flexibility index (Phi) is 8.78. The molecule has 1 saturated carbocycles. The van der Waals surface area contributed by atoms with E-state index in [4.69, 9.17) is 4.74 Å². The van der Waals surface area contributed by atoms with E-state index in [1.165, 1.54) is 36.7 Å². The van der Waals surface area contributed by atoms with Gasteiger partial charge in [0.15, 0.2) is 15.0 Å². The van der Waals surface area contributed by atoms with Gasteiger partial charge in [-0.05, 0) is 72.5 Å². The normalized spacial score (nSPS) is 19.2. The molecule has 2 N–H and O–H groups in total. The first-order valence-corrected chi connectivity index (χ1v) is 15.8. The SMILES string of the molecule is O=C(O)CC(CS(=O)(=O)c1ccc(OCc2cc(NC3=NC4CCCC4S3)cc(C(F)(F)F)c2)cc1)c1cccnc1. The molecule has 222 valence electrons. The Morgan fingerprint density at radius 3 is 2.60 bits per heavy atom. The molecule has 0 saturated heterocycles. The average molecular weight is 620 g/mol. The number of sulfone groups is 1. The fourth-order valence-electron chi connectivity index (χ4n) is 5.08. The van der Waals surface area contributed by atoms with Crippen LogP contribution in [0.5, 0.6) is 5.75 Å². The van der Waals surface area contributed by atoms with Gasteiger partial charge in [-0.25, -0.2) is 8.42 Å².